The van der Waals surface area contributed by atoms with E-state index in [9.17, 15) is 4.79 Å². The molecule has 0 saturated heterocycles. The summed E-state index contributed by atoms with van der Waals surface area (Å²) < 4.78 is 0. The van der Waals surface area contributed by atoms with Gasteiger partial charge in [-0.15, -0.1) is 0 Å². The van der Waals surface area contributed by atoms with Crippen molar-refractivity contribution < 1.29 is 4.79 Å². The number of carbonyl (C=O) groups excluding carboxylic acids is 1. The maximum Gasteiger partial charge on any atom is 0.270 e. The van der Waals surface area contributed by atoms with Crippen molar-refractivity contribution in [1.29, 1.82) is 0 Å². The first kappa shape index (κ1) is 15.5. The standard InChI is InChI=1S/C19H23N3O/c1-14-7-9-16(10-8-14)21-17-11-12-20-18(13-17)19(23)22-15-5-3-2-4-6-15/h7-13,15H,2-6H2,1H3,(H,20,21)(H,22,23). The van der Waals surface area contributed by atoms with Crippen LogP contribution in [0.3, 0.4) is 0 Å². The third-order valence-electron chi connectivity index (χ3n) is 4.27. The van der Waals surface area contributed by atoms with Gasteiger partial charge in [-0.25, -0.2) is 0 Å². The number of anilines is 2. The molecule has 1 aliphatic carbocycles. The fraction of sp³-hybridized carbons (Fsp3) is 0.368. The van der Waals surface area contributed by atoms with E-state index in [0.717, 1.165) is 24.2 Å². The lowest BCUT2D eigenvalue weighted by Gasteiger charge is -2.22. The summed E-state index contributed by atoms with van der Waals surface area (Å²) in [5.74, 6) is -0.0792. The van der Waals surface area contributed by atoms with Crippen molar-refractivity contribution in [3.8, 4) is 0 Å². The minimum absolute atomic E-state index is 0.0792. The summed E-state index contributed by atoms with van der Waals surface area (Å²) in [4.78, 5) is 16.6. The fourth-order valence-corrected chi connectivity index (χ4v) is 2.94. The molecule has 23 heavy (non-hydrogen) atoms. The van der Waals surface area contributed by atoms with E-state index in [1.165, 1.54) is 24.8 Å². The molecular formula is C19H23N3O. The number of aryl methyl sites for hydroxylation is 1. The minimum Gasteiger partial charge on any atom is -0.355 e. The molecule has 0 bridgehead atoms. The molecule has 1 aromatic heterocycles. The molecule has 1 saturated carbocycles. The van der Waals surface area contributed by atoms with Crippen molar-refractivity contribution in [2.45, 2.75) is 45.1 Å². The predicted octanol–water partition coefficient (Wildman–Crippen LogP) is 4.20. The number of aromatic nitrogens is 1. The first-order valence-electron chi connectivity index (χ1n) is 8.31. The molecule has 2 aromatic rings. The summed E-state index contributed by atoms with van der Waals surface area (Å²) in [5, 5.41) is 6.41. The van der Waals surface area contributed by atoms with Gasteiger partial charge < -0.3 is 10.6 Å². The number of pyridine rings is 1. The van der Waals surface area contributed by atoms with Gasteiger partial charge in [0.1, 0.15) is 5.69 Å². The second kappa shape index (κ2) is 7.27. The molecule has 1 fully saturated rings. The van der Waals surface area contributed by atoms with Crippen molar-refractivity contribution in [3.05, 3.63) is 53.9 Å². The van der Waals surface area contributed by atoms with Crippen LogP contribution in [0.2, 0.25) is 0 Å². The number of carbonyl (C=O) groups is 1. The van der Waals surface area contributed by atoms with Crippen molar-refractivity contribution >= 4 is 17.3 Å². The number of amides is 1. The van der Waals surface area contributed by atoms with Gasteiger partial charge in [0.25, 0.3) is 5.91 Å². The highest BCUT2D eigenvalue weighted by atomic mass is 16.1. The number of rotatable bonds is 4. The zero-order chi connectivity index (χ0) is 16.1. The van der Waals surface area contributed by atoms with Crippen molar-refractivity contribution in [3.63, 3.8) is 0 Å². The lowest BCUT2D eigenvalue weighted by molar-refractivity contribution is 0.0922. The average molecular weight is 309 g/mol. The lowest BCUT2D eigenvalue weighted by Crippen LogP contribution is -2.36. The number of benzene rings is 1. The van der Waals surface area contributed by atoms with Crippen LogP contribution in [-0.2, 0) is 0 Å². The van der Waals surface area contributed by atoms with Crippen LogP contribution in [0.4, 0.5) is 11.4 Å². The summed E-state index contributed by atoms with van der Waals surface area (Å²) in [5.41, 5.74) is 3.56. The summed E-state index contributed by atoms with van der Waals surface area (Å²) in [6.45, 7) is 2.06. The zero-order valence-corrected chi connectivity index (χ0v) is 13.5. The van der Waals surface area contributed by atoms with Gasteiger partial charge >= 0.3 is 0 Å². The van der Waals surface area contributed by atoms with Gasteiger partial charge in [-0.3, -0.25) is 9.78 Å². The fourth-order valence-electron chi connectivity index (χ4n) is 2.94. The predicted molar refractivity (Wildman–Crippen MR) is 93.0 cm³/mol. The second-order valence-corrected chi connectivity index (χ2v) is 6.23. The number of nitrogens with zero attached hydrogens (tertiary/aromatic N) is 1. The van der Waals surface area contributed by atoms with Crippen molar-refractivity contribution in [1.82, 2.24) is 10.3 Å². The van der Waals surface area contributed by atoms with Crippen LogP contribution in [-0.4, -0.2) is 16.9 Å². The normalized spacial score (nSPS) is 15.2. The van der Waals surface area contributed by atoms with Crippen LogP contribution < -0.4 is 10.6 Å². The van der Waals surface area contributed by atoms with Gasteiger partial charge in [0.15, 0.2) is 0 Å². The van der Waals surface area contributed by atoms with Crippen molar-refractivity contribution in [2.24, 2.45) is 0 Å². The Bertz CT molecular complexity index is 661. The van der Waals surface area contributed by atoms with Crippen LogP contribution in [0.5, 0.6) is 0 Å². The number of hydrogen-bond acceptors (Lipinski definition) is 3. The van der Waals surface area contributed by atoms with Crippen LogP contribution >= 0.6 is 0 Å². The minimum atomic E-state index is -0.0792. The molecule has 0 atom stereocenters. The highest BCUT2D eigenvalue weighted by Gasteiger charge is 2.17. The monoisotopic (exact) mass is 309 g/mol. The Balaban J connectivity index is 1.66. The molecule has 0 aliphatic heterocycles. The third-order valence-corrected chi connectivity index (χ3v) is 4.27. The molecule has 1 amide bonds. The average Bonchev–Trinajstić information content (AvgIpc) is 2.58. The molecule has 0 spiro atoms. The SMILES string of the molecule is Cc1ccc(Nc2ccnc(C(=O)NC3CCCCC3)c2)cc1. The van der Waals surface area contributed by atoms with Gasteiger partial charge in [0.05, 0.1) is 0 Å². The van der Waals surface area contributed by atoms with Gasteiger partial charge in [-0.2, -0.15) is 0 Å². The number of nitrogens with one attached hydrogen (secondary N) is 2. The van der Waals surface area contributed by atoms with E-state index in [1.807, 2.05) is 18.2 Å². The van der Waals surface area contributed by atoms with Crippen LogP contribution in [0, 0.1) is 6.92 Å². The maximum atomic E-state index is 12.4. The molecule has 1 heterocycles. The molecule has 1 aliphatic rings. The highest BCUT2D eigenvalue weighted by molar-refractivity contribution is 5.93. The summed E-state index contributed by atoms with van der Waals surface area (Å²) >= 11 is 0. The lowest BCUT2D eigenvalue weighted by atomic mass is 9.95. The zero-order valence-electron chi connectivity index (χ0n) is 13.5. The first-order chi connectivity index (χ1) is 11.2. The third kappa shape index (κ3) is 4.31. The largest absolute Gasteiger partial charge is 0.355 e. The smallest absolute Gasteiger partial charge is 0.270 e. The van der Waals surface area contributed by atoms with Crippen LogP contribution in [0.25, 0.3) is 0 Å². The Morgan fingerprint density at radius 3 is 2.52 bits per heavy atom. The van der Waals surface area contributed by atoms with Crippen molar-refractivity contribution in [2.75, 3.05) is 5.32 Å². The molecule has 3 rings (SSSR count). The Morgan fingerprint density at radius 2 is 1.78 bits per heavy atom. The molecule has 2 N–H and O–H groups in total. The van der Waals surface area contributed by atoms with E-state index in [-0.39, 0.29) is 5.91 Å². The Morgan fingerprint density at radius 1 is 1.04 bits per heavy atom. The van der Waals surface area contributed by atoms with E-state index in [4.69, 9.17) is 0 Å². The van der Waals surface area contributed by atoms with E-state index in [0.29, 0.717) is 11.7 Å². The van der Waals surface area contributed by atoms with Crippen LogP contribution in [0.15, 0.2) is 42.6 Å². The molecule has 0 unspecified atom stereocenters. The first-order valence-corrected chi connectivity index (χ1v) is 8.31. The van der Waals surface area contributed by atoms with Gasteiger partial charge in [0.2, 0.25) is 0 Å². The van der Waals surface area contributed by atoms with E-state index in [2.05, 4.69) is 34.7 Å². The highest BCUT2D eigenvalue weighted by Crippen LogP contribution is 2.19. The van der Waals surface area contributed by atoms with E-state index >= 15 is 0 Å². The molecule has 4 heteroatoms. The summed E-state index contributed by atoms with van der Waals surface area (Å²) in [7, 11) is 0. The Kier molecular flexibility index (Phi) is 4.91. The molecule has 4 nitrogen and oxygen atoms in total. The Labute approximate surface area is 137 Å². The Hall–Kier alpha value is -2.36. The molecule has 1 aromatic carbocycles. The van der Waals surface area contributed by atoms with E-state index < -0.39 is 0 Å². The van der Waals surface area contributed by atoms with Gasteiger partial charge in [-0.05, 0) is 44.0 Å². The molecular weight excluding hydrogens is 286 g/mol. The molecule has 120 valence electrons. The quantitative estimate of drug-likeness (QED) is 0.890. The maximum absolute atomic E-state index is 12.4. The molecule has 0 radical (unpaired) electrons. The van der Waals surface area contributed by atoms with Gasteiger partial charge in [-0.1, -0.05) is 37.0 Å². The second-order valence-electron chi connectivity index (χ2n) is 6.23. The number of hydrogen-bond donors (Lipinski definition) is 2. The summed E-state index contributed by atoms with van der Waals surface area (Å²) in [6, 6.07) is 12.1. The van der Waals surface area contributed by atoms with Gasteiger partial charge in [0, 0.05) is 23.6 Å². The van der Waals surface area contributed by atoms with Crippen LogP contribution in [0.1, 0.15) is 48.2 Å². The summed E-state index contributed by atoms with van der Waals surface area (Å²) in [6.07, 6.45) is 7.51. The topological polar surface area (TPSA) is 54.0 Å². The van der Waals surface area contributed by atoms with E-state index in [1.54, 1.807) is 12.3 Å².